The second-order valence-corrected chi connectivity index (χ2v) is 7.23. The maximum absolute atomic E-state index is 12.3. The number of hydrogen-bond acceptors (Lipinski definition) is 4. The van der Waals surface area contributed by atoms with Crippen molar-refractivity contribution in [2.45, 2.75) is 11.8 Å². The highest BCUT2D eigenvalue weighted by atomic mass is 32.2. The lowest BCUT2D eigenvalue weighted by Gasteiger charge is -2.09. The zero-order valence-electron chi connectivity index (χ0n) is 13.2. The van der Waals surface area contributed by atoms with Crippen molar-refractivity contribution in [1.29, 1.82) is 0 Å². The summed E-state index contributed by atoms with van der Waals surface area (Å²) in [7, 11) is -3.85. The highest BCUT2D eigenvalue weighted by molar-refractivity contribution is 8.13. The number of hydrogen-bond donors (Lipinski definition) is 2. The first kappa shape index (κ1) is 18.0. The molecule has 2 aromatic carbocycles. The Labute approximate surface area is 145 Å². The highest BCUT2D eigenvalue weighted by Crippen LogP contribution is 2.14. The van der Waals surface area contributed by atoms with Crippen LogP contribution in [0.1, 0.15) is 15.9 Å². The zero-order chi connectivity index (χ0) is 17.6. The zero-order valence-corrected chi connectivity index (χ0v) is 14.8. The molecule has 0 unspecified atom stereocenters. The van der Waals surface area contributed by atoms with E-state index in [0.29, 0.717) is 5.56 Å². The van der Waals surface area contributed by atoms with Crippen molar-refractivity contribution in [2.75, 3.05) is 6.26 Å². The molecule has 0 saturated carbocycles. The van der Waals surface area contributed by atoms with E-state index in [1.807, 2.05) is 6.92 Å². The van der Waals surface area contributed by atoms with Gasteiger partial charge in [-0.05, 0) is 37.4 Å². The van der Waals surface area contributed by atoms with Crippen LogP contribution < -0.4 is 10.9 Å². The van der Waals surface area contributed by atoms with Crippen molar-refractivity contribution in [3.05, 3.63) is 65.7 Å². The van der Waals surface area contributed by atoms with Gasteiger partial charge in [0.15, 0.2) is 5.17 Å². The number of carbonyl (C=O) groups is 1. The fourth-order valence-corrected chi connectivity index (χ4v) is 3.35. The largest absolute Gasteiger partial charge is 0.284 e. The number of nitrogens with zero attached hydrogens (tertiary/aromatic N) is 1. The summed E-state index contributed by atoms with van der Waals surface area (Å²) in [5.41, 5.74) is 6.37. The third-order valence-corrected chi connectivity index (χ3v) is 5.02. The molecule has 0 aromatic heterocycles. The molecule has 0 heterocycles. The van der Waals surface area contributed by atoms with Crippen molar-refractivity contribution >= 4 is 32.9 Å². The van der Waals surface area contributed by atoms with Crippen LogP contribution in [0.4, 0.5) is 0 Å². The van der Waals surface area contributed by atoms with E-state index in [1.54, 1.807) is 48.7 Å². The minimum absolute atomic E-state index is 0.0693. The van der Waals surface area contributed by atoms with E-state index in [0.717, 1.165) is 17.3 Å². The molecular weight excluding hydrogens is 346 g/mol. The van der Waals surface area contributed by atoms with Gasteiger partial charge in [0.2, 0.25) is 0 Å². The van der Waals surface area contributed by atoms with Gasteiger partial charge in [0.05, 0.1) is 4.90 Å². The summed E-state index contributed by atoms with van der Waals surface area (Å²) < 4.78 is 28.3. The quantitative estimate of drug-likeness (QED) is 0.496. The molecule has 2 aromatic rings. The lowest BCUT2D eigenvalue weighted by molar-refractivity contribution is 0.0944. The number of amidine groups is 1. The van der Waals surface area contributed by atoms with Gasteiger partial charge in [0.25, 0.3) is 15.9 Å². The number of thioether (sulfide) groups is 1. The van der Waals surface area contributed by atoms with Crippen LogP contribution in [0, 0.1) is 6.92 Å². The molecule has 24 heavy (non-hydrogen) atoms. The number of rotatable bonds is 3. The van der Waals surface area contributed by atoms with Crippen LogP contribution in [0.3, 0.4) is 0 Å². The molecule has 0 fully saturated rings. The van der Waals surface area contributed by atoms with E-state index in [1.165, 1.54) is 12.1 Å². The van der Waals surface area contributed by atoms with Gasteiger partial charge in [-0.25, -0.2) is 0 Å². The van der Waals surface area contributed by atoms with E-state index in [2.05, 4.69) is 15.2 Å². The van der Waals surface area contributed by atoms with E-state index >= 15 is 0 Å². The monoisotopic (exact) mass is 363 g/mol. The van der Waals surface area contributed by atoms with E-state index < -0.39 is 10.0 Å². The predicted molar refractivity (Wildman–Crippen MR) is 96.4 cm³/mol. The van der Waals surface area contributed by atoms with Gasteiger partial charge < -0.3 is 0 Å². The normalized spacial score (nSPS) is 11.8. The standard InChI is InChI=1S/C16H17N3O3S2/c1-12-8-10-14(11-9-12)24(21,22)19-16(23-2)18-17-15(20)13-6-4-3-5-7-13/h3-11H,1-2H3,(H,17,20)(H,18,19). The first-order valence-electron chi connectivity index (χ1n) is 6.99. The molecule has 0 atom stereocenters. The summed E-state index contributed by atoms with van der Waals surface area (Å²) in [5.74, 6) is -0.384. The molecule has 2 N–H and O–H groups in total. The van der Waals surface area contributed by atoms with Gasteiger partial charge in [-0.3, -0.25) is 15.6 Å². The maximum atomic E-state index is 12.3. The molecule has 0 saturated heterocycles. The second-order valence-electron chi connectivity index (χ2n) is 4.83. The summed E-state index contributed by atoms with van der Waals surface area (Å²) in [5, 5.41) is 0.0693. The molecule has 6 nitrogen and oxygen atoms in total. The molecule has 8 heteroatoms. The smallest absolute Gasteiger partial charge is 0.275 e. The van der Waals surface area contributed by atoms with Crippen LogP contribution in [0.5, 0.6) is 0 Å². The molecule has 0 aliphatic carbocycles. The number of sulfonamides is 1. The SMILES string of the molecule is CSC(=NS(=O)(=O)c1ccc(C)cc1)NNC(=O)c1ccccc1. The van der Waals surface area contributed by atoms with E-state index in [-0.39, 0.29) is 16.0 Å². The summed E-state index contributed by atoms with van der Waals surface area (Å²) >= 11 is 1.08. The Hall–Kier alpha value is -2.32. The van der Waals surface area contributed by atoms with Gasteiger partial charge in [-0.1, -0.05) is 47.7 Å². The third kappa shape index (κ3) is 4.84. The van der Waals surface area contributed by atoms with Gasteiger partial charge in [-0.15, -0.1) is 4.40 Å². The molecule has 0 radical (unpaired) electrons. The summed E-state index contributed by atoms with van der Waals surface area (Å²) in [4.78, 5) is 12.0. The molecular formula is C16H17N3O3S2. The van der Waals surface area contributed by atoms with Crippen LogP contribution in [-0.4, -0.2) is 25.7 Å². The average Bonchev–Trinajstić information content (AvgIpc) is 2.59. The van der Waals surface area contributed by atoms with Gasteiger partial charge >= 0.3 is 0 Å². The minimum Gasteiger partial charge on any atom is -0.275 e. The Morgan fingerprint density at radius 1 is 1.00 bits per heavy atom. The maximum Gasteiger partial charge on any atom is 0.284 e. The Bertz CT molecular complexity index is 833. The molecule has 126 valence electrons. The Kier molecular flexibility index (Phi) is 5.99. The summed E-state index contributed by atoms with van der Waals surface area (Å²) in [6, 6.07) is 15.0. The van der Waals surface area contributed by atoms with Crippen LogP contribution in [0.25, 0.3) is 0 Å². The topological polar surface area (TPSA) is 87.6 Å². The molecule has 0 spiro atoms. The van der Waals surface area contributed by atoms with Gasteiger partial charge in [-0.2, -0.15) is 8.42 Å². The molecule has 0 aliphatic rings. The summed E-state index contributed by atoms with van der Waals surface area (Å²) in [6.07, 6.45) is 1.66. The minimum atomic E-state index is -3.85. The molecule has 0 bridgehead atoms. The first-order valence-corrected chi connectivity index (χ1v) is 9.66. The van der Waals surface area contributed by atoms with Crippen molar-refractivity contribution in [1.82, 2.24) is 10.9 Å². The number of hydrazine groups is 1. The van der Waals surface area contributed by atoms with Gasteiger partial charge in [0.1, 0.15) is 0 Å². The average molecular weight is 363 g/mol. The van der Waals surface area contributed by atoms with Crippen LogP contribution in [0.15, 0.2) is 63.9 Å². The van der Waals surface area contributed by atoms with Crippen molar-refractivity contribution in [3.63, 3.8) is 0 Å². The summed E-state index contributed by atoms with van der Waals surface area (Å²) in [6.45, 7) is 1.87. The Balaban J connectivity index is 2.11. The Morgan fingerprint density at radius 3 is 2.21 bits per heavy atom. The van der Waals surface area contributed by atoms with Crippen LogP contribution >= 0.6 is 11.8 Å². The Morgan fingerprint density at radius 2 is 1.62 bits per heavy atom. The van der Waals surface area contributed by atoms with Gasteiger partial charge in [0, 0.05) is 5.56 Å². The van der Waals surface area contributed by atoms with E-state index in [4.69, 9.17) is 0 Å². The van der Waals surface area contributed by atoms with Crippen LogP contribution in [-0.2, 0) is 10.0 Å². The van der Waals surface area contributed by atoms with Crippen molar-refractivity contribution in [3.8, 4) is 0 Å². The first-order chi connectivity index (χ1) is 11.4. The third-order valence-electron chi connectivity index (χ3n) is 3.03. The number of carbonyl (C=O) groups excluding carboxylic acids is 1. The molecule has 1 amide bonds. The molecule has 0 aliphatic heterocycles. The van der Waals surface area contributed by atoms with E-state index in [9.17, 15) is 13.2 Å². The predicted octanol–water partition coefficient (Wildman–Crippen LogP) is 2.34. The number of benzene rings is 2. The number of amides is 1. The van der Waals surface area contributed by atoms with Crippen molar-refractivity contribution < 1.29 is 13.2 Å². The lowest BCUT2D eigenvalue weighted by atomic mass is 10.2. The fraction of sp³-hybridized carbons (Fsp3) is 0.125. The molecule has 2 rings (SSSR count). The number of nitrogens with one attached hydrogen (secondary N) is 2. The van der Waals surface area contributed by atoms with Crippen LogP contribution in [0.2, 0.25) is 0 Å². The fourth-order valence-electron chi connectivity index (χ4n) is 1.76. The number of aryl methyl sites for hydroxylation is 1. The lowest BCUT2D eigenvalue weighted by Crippen LogP contribution is -2.40. The second kappa shape index (κ2) is 7.98. The highest BCUT2D eigenvalue weighted by Gasteiger charge is 2.14. The van der Waals surface area contributed by atoms with Crippen molar-refractivity contribution in [2.24, 2.45) is 4.40 Å².